The zero-order chi connectivity index (χ0) is 12.3. The first kappa shape index (κ1) is 12.7. The lowest BCUT2D eigenvalue weighted by Crippen LogP contribution is -1.99. The summed E-state index contributed by atoms with van der Waals surface area (Å²) in [5.74, 6) is 0. The molecule has 86 valence electrons. The molecule has 1 N–H and O–H groups in total. The van der Waals surface area contributed by atoms with Crippen LogP contribution >= 0.6 is 11.8 Å². The topological polar surface area (TPSA) is 80.4 Å². The van der Waals surface area contributed by atoms with E-state index in [-0.39, 0.29) is 16.4 Å². The lowest BCUT2D eigenvalue weighted by Gasteiger charge is -2.07. The van der Waals surface area contributed by atoms with Crippen LogP contribution in [0.5, 0.6) is 0 Å². The van der Waals surface area contributed by atoms with Gasteiger partial charge in [0, 0.05) is 17.9 Å². The van der Waals surface area contributed by atoms with Crippen molar-refractivity contribution in [3.8, 4) is 0 Å². The van der Waals surface area contributed by atoms with E-state index in [0.717, 1.165) is 11.8 Å². The van der Waals surface area contributed by atoms with Crippen molar-refractivity contribution in [3.05, 3.63) is 33.9 Å². The highest BCUT2D eigenvalue weighted by Crippen LogP contribution is 2.30. The number of nitro groups is 1. The second-order valence-electron chi connectivity index (χ2n) is 3.25. The number of benzene rings is 1. The Morgan fingerprint density at radius 1 is 1.56 bits per heavy atom. The first-order valence-electron chi connectivity index (χ1n) is 4.56. The second kappa shape index (κ2) is 5.09. The summed E-state index contributed by atoms with van der Waals surface area (Å²) in [7, 11) is 0. The minimum absolute atomic E-state index is 0.106. The molecule has 1 aromatic carbocycles. The van der Waals surface area contributed by atoms with Gasteiger partial charge < -0.3 is 5.11 Å². The van der Waals surface area contributed by atoms with Crippen LogP contribution in [0.4, 0.5) is 5.69 Å². The van der Waals surface area contributed by atoms with Crippen molar-refractivity contribution in [2.45, 2.75) is 24.8 Å². The number of aliphatic hydroxyl groups is 1. The molecule has 16 heavy (non-hydrogen) atoms. The Hall–Kier alpha value is -1.40. The summed E-state index contributed by atoms with van der Waals surface area (Å²) >= 11 is 0.978. The Bertz CT molecular complexity index is 431. The van der Waals surface area contributed by atoms with E-state index >= 15 is 0 Å². The monoisotopic (exact) mass is 241 g/mol. The van der Waals surface area contributed by atoms with Crippen molar-refractivity contribution in [1.29, 1.82) is 0 Å². The quantitative estimate of drug-likeness (QED) is 0.499. The van der Waals surface area contributed by atoms with E-state index in [0.29, 0.717) is 4.90 Å². The van der Waals surface area contributed by atoms with Crippen molar-refractivity contribution >= 4 is 22.6 Å². The van der Waals surface area contributed by atoms with Gasteiger partial charge >= 0.3 is 0 Å². The molecule has 1 aromatic rings. The van der Waals surface area contributed by atoms with Gasteiger partial charge in [-0.2, -0.15) is 0 Å². The van der Waals surface area contributed by atoms with E-state index in [2.05, 4.69) is 0 Å². The Kier molecular flexibility index (Phi) is 4.03. The minimum atomic E-state index is -0.937. The Labute approximate surface area is 96.6 Å². The summed E-state index contributed by atoms with van der Waals surface area (Å²) in [4.78, 5) is 21.6. The maximum atomic E-state index is 10.9. The first-order valence-corrected chi connectivity index (χ1v) is 5.38. The number of hydrogen-bond donors (Lipinski definition) is 1. The van der Waals surface area contributed by atoms with E-state index in [1.165, 1.54) is 32.0 Å². The van der Waals surface area contributed by atoms with Crippen molar-refractivity contribution in [2.24, 2.45) is 0 Å². The van der Waals surface area contributed by atoms with E-state index in [9.17, 15) is 20.0 Å². The average molecular weight is 241 g/mol. The highest BCUT2D eigenvalue weighted by atomic mass is 32.2. The molecule has 0 heterocycles. The zero-order valence-corrected chi connectivity index (χ0v) is 9.65. The third-order valence-electron chi connectivity index (χ3n) is 1.91. The van der Waals surface area contributed by atoms with Crippen molar-refractivity contribution < 1.29 is 14.8 Å². The fourth-order valence-corrected chi connectivity index (χ4v) is 1.92. The number of nitro benzene ring substituents is 1. The molecule has 1 rings (SSSR count). The van der Waals surface area contributed by atoms with Crippen LogP contribution in [0.1, 0.15) is 25.5 Å². The Morgan fingerprint density at radius 3 is 2.62 bits per heavy atom. The normalized spacial score (nSPS) is 12.2. The SMILES string of the molecule is CC(=O)Sc1ccc([N+](=O)[O-])c(C(C)O)c1. The van der Waals surface area contributed by atoms with Gasteiger partial charge in [-0.05, 0) is 19.1 Å². The van der Waals surface area contributed by atoms with Gasteiger partial charge in [-0.15, -0.1) is 0 Å². The molecule has 6 heteroatoms. The van der Waals surface area contributed by atoms with Gasteiger partial charge in [0.25, 0.3) is 5.69 Å². The number of rotatable bonds is 3. The van der Waals surface area contributed by atoms with Crippen LogP contribution in [-0.2, 0) is 4.79 Å². The Morgan fingerprint density at radius 2 is 2.19 bits per heavy atom. The van der Waals surface area contributed by atoms with Gasteiger partial charge in [-0.1, -0.05) is 11.8 Å². The average Bonchev–Trinajstić information content (AvgIpc) is 2.16. The predicted octanol–water partition coefficient (Wildman–Crippen LogP) is 2.29. The summed E-state index contributed by atoms with van der Waals surface area (Å²) in [6.07, 6.45) is -0.937. The van der Waals surface area contributed by atoms with Gasteiger partial charge in [0.2, 0.25) is 0 Å². The number of nitrogens with zero attached hydrogens (tertiary/aromatic N) is 1. The highest BCUT2D eigenvalue weighted by Gasteiger charge is 2.18. The summed E-state index contributed by atoms with van der Waals surface area (Å²) in [5.41, 5.74) is 0.0825. The van der Waals surface area contributed by atoms with Crippen LogP contribution in [0.15, 0.2) is 23.1 Å². The molecule has 0 saturated heterocycles. The third kappa shape index (κ3) is 3.04. The smallest absolute Gasteiger partial charge is 0.275 e. The second-order valence-corrected chi connectivity index (χ2v) is 4.50. The molecule has 0 spiro atoms. The van der Waals surface area contributed by atoms with Crippen molar-refractivity contribution in [3.63, 3.8) is 0 Å². The number of carbonyl (C=O) groups is 1. The van der Waals surface area contributed by atoms with Gasteiger partial charge in [0.15, 0.2) is 5.12 Å². The maximum Gasteiger partial charge on any atom is 0.275 e. The predicted molar refractivity (Wildman–Crippen MR) is 60.3 cm³/mol. The van der Waals surface area contributed by atoms with E-state index in [4.69, 9.17) is 0 Å². The molecule has 0 aliphatic carbocycles. The lowest BCUT2D eigenvalue weighted by atomic mass is 10.1. The van der Waals surface area contributed by atoms with Crippen LogP contribution in [0.3, 0.4) is 0 Å². The van der Waals surface area contributed by atoms with Crippen molar-refractivity contribution in [2.75, 3.05) is 0 Å². The van der Waals surface area contributed by atoms with E-state index in [1.807, 2.05) is 0 Å². The van der Waals surface area contributed by atoms with Gasteiger partial charge in [0.05, 0.1) is 16.6 Å². The molecule has 0 amide bonds. The standard InChI is InChI=1S/C10H11NO4S/c1-6(12)9-5-8(16-7(2)13)3-4-10(9)11(14)15/h3-6,12H,1-2H3. The maximum absolute atomic E-state index is 10.9. The molecule has 1 atom stereocenters. The molecular weight excluding hydrogens is 230 g/mol. The van der Waals surface area contributed by atoms with Crippen LogP contribution < -0.4 is 0 Å². The van der Waals surface area contributed by atoms with Crippen LogP contribution in [0.25, 0.3) is 0 Å². The van der Waals surface area contributed by atoms with Gasteiger partial charge in [-0.25, -0.2) is 0 Å². The minimum Gasteiger partial charge on any atom is -0.388 e. The van der Waals surface area contributed by atoms with Crippen molar-refractivity contribution in [1.82, 2.24) is 0 Å². The Balaban J connectivity index is 3.17. The molecule has 0 aromatic heterocycles. The summed E-state index contributed by atoms with van der Waals surface area (Å²) in [5, 5.41) is 20.0. The molecule has 0 bridgehead atoms. The van der Waals surface area contributed by atoms with Crippen LogP contribution in [0.2, 0.25) is 0 Å². The summed E-state index contributed by atoms with van der Waals surface area (Å²) < 4.78 is 0. The van der Waals surface area contributed by atoms with Gasteiger partial charge in [-0.3, -0.25) is 14.9 Å². The molecule has 1 unspecified atom stereocenters. The number of aliphatic hydroxyl groups excluding tert-OH is 1. The zero-order valence-electron chi connectivity index (χ0n) is 8.84. The summed E-state index contributed by atoms with van der Waals surface area (Å²) in [6, 6.07) is 4.26. The molecular formula is C10H11NO4S. The number of carbonyl (C=O) groups excluding carboxylic acids is 1. The fourth-order valence-electron chi connectivity index (χ4n) is 1.26. The molecule has 0 aliphatic heterocycles. The highest BCUT2D eigenvalue weighted by molar-refractivity contribution is 8.13. The van der Waals surface area contributed by atoms with E-state index in [1.54, 1.807) is 0 Å². The fraction of sp³-hybridized carbons (Fsp3) is 0.300. The van der Waals surface area contributed by atoms with Gasteiger partial charge in [0.1, 0.15) is 0 Å². The molecule has 0 aliphatic rings. The molecule has 0 radical (unpaired) electrons. The van der Waals surface area contributed by atoms with Crippen LogP contribution in [0, 0.1) is 10.1 Å². The number of thioether (sulfide) groups is 1. The van der Waals surface area contributed by atoms with E-state index < -0.39 is 11.0 Å². The number of hydrogen-bond acceptors (Lipinski definition) is 5. The molecule has 5 nitrogen and oxygen atoms in total. The third-order valence-corrected chi connectivity index (χ3v) is 2.68. The lowest BCUT2D eigenvalue weighted by molar-refractivity contribution is -0.386. The summed E-state index contributed by atoms with van der Waals surface area (Å²) in [6.45, 7) is 2.86. The first-order chi connectivity index (χ1) is 7.41. The molecule has 0 fully saturated rings. The van der Waals surface area contributed by atoms with Crippen LogP contribution in [-0.4, -0.2) is 15.1 Å². The largest absolute Gasteiger partial charge is 0.388 e. The molecule has 0 saturated carbocycles.